The molecule has 0 atom stereocenters. The largest absolute Gasteiger partial charge is 0.466 e. The molecule has 0 spiro atoms. The summed E-state index contributed by atoms with van der Waals surface area (Å²) < 4.78 is 4.83. The third kappa shape index (κ3) is 3.30. The second kappa shape index (κ2) is 5.17. The lowest BCUT2D eigenvalue weighted by Crippen LogP contribution is -2.26. The van der Waals surface area contributed by atoms with Crippen LogP contribution in [0, 0.1) is 0 Å². The molecule has 1 aliphatic heterocycles. The number of rotatable bonds is 4. The summed E-state index contributed by atoms with van der Waals surface area (Å²) in [6.45, 7) is 4.00. The smallest absolute Gasteiger partial charge is 0.307 e. The molecule has 0 N–H and O–H groups in total. The summed E-state index contributed by atoms with van der Waals surface area (Å²) in [4.78, 5) is 14.1. The molecule has 0 aliphatic carbocycles. The maximum Gasteiger partial charge on any atom is 0.307 e. The Labute approximate surface area is 84.0 Å². The first-order valence-electron chi connectivity index (χ1n) is 4.67. The van der Waals surface area contributed by atoms with Crippen molar-refractivity contribution >= 4 is 23.2 Å². The van der Waals surface area contributed by atoms with E-state index in [1.807, 2.05) is 6.92 Å². The van der Waals surface area contributed by atoms with Crippen LogP contribution < -0.4 is 0 Å². The number of likely N-dealkylation sites (tertiary alicyclic amines) is 1. The second-order valence-corrected chi connectivity index (χ2v) is 3.51. The van der Waals surface area contributed by atoms with Gasteiger partial charge in [-0.25, -0.2) is 0 Å². The normalized spacial score (nSPS) is 16.4. The highest BCUT2D eigenvalue weighted by molar-refractivity contribution is 7.80. The Bertz CT molecular complexity index is 206. The zero-order valence-corrected chi connectivity index (χ0v) is 8.73. The molecule has 1 aliphatic rings. The van der Waals surface area contributed by atoms with Crippen molar-refractivity contribution in [2.24, 2.45) is 0 Å². The minimum absolute atomic E-state index is 0.128. The highest BCUT2D eigenvalue weighted by Crippen LogP contribution is 2.11. The standard InChI is InChI=1S/C9H15NO2S/c1-2-12-9(11)5-7-10-6-3-4-8(10)13/h2-7H2,1H3. The fourth-order valence-corrected chi connectivity index (χ4v) is 1.73. The summed E-state index contributed by atoms with van der Waals surface area (Å²) in [5.41, 5.74) is 0. The second-order valence-electron chi connectivity index (χ2n) is 3.04. The number of carbonyl (C=O) groups is 1. The van der Waals surface area contributed by atoms with Gasteiger partial charge in [-0.2, -0.15) is 0 Å². The van der Waals surface area contributed by atoms with E-state index in [4.69, 9.17) is 17.0 Å². The lowest BCUT2D eigenvalue weighted by molar-refractivity contribution is -0.143. The van der Waals surface area contributed by atoms with Crippen LogP contribution in [0.2, 0.25) is 0 Å². The third-order valence-corrected chi connectivity index (χ3v) is 2.52. The molecule has 0 radical (unpaired) electrons. The molecule has 1 heterocycles. The van der Waals surface area contributed by atoms with E-state index in [-0.39, 0.29) is 5.97 Å². The van der Waals surface area contributed by atoms with Crippen LogP contribution in [0.25, 0.3) is 0 Å². The maximum absolute atomic E-state index is 11.0. The number of esters is 1. The first kappa shape index (κ1) is 10.4. The van der Waals surface area contributed by atoms with Gasteiger partial charge in [0.05, 0.1) is 18.0 Å². The zero-order chi connectivity index (χ0) is 9.68. The van der Waals surface area contributed by atoms with Crippen LogP contribution >= 0.6 is 12.2 Å². The minimum atomic E-state index is -0.128. The van der Waals surface area contributed by atoms with Crippen molar-refractivity contribution in [2.75, 3.05) is 19.7 Å². The van der Waals surface area contributed by atoms with Gasteiger partial charge in [-0.15, -0.1) is 0 Å². The Morgan fingerprint density at radius 2 is 2.46 bits per heavy atom. The Morgan fingerprint density at radius 1 is 1.69 bits per heavy atom. The molecule has 0 unspecified atom stereocenters. The van der Waals surface area contributed by atoms with Crippen molar-refractivity contribution in [1.29, 1.82) is 0 Å². The van der Waals surface area contributed by atoms with Crippen molar-refractivity contribution in [2.45, 2.75) is 26.2 Å². The summed E-state index contributed by atoms with van der Waals surface area (Å²) in [5.74, 6) is -0.128. The van der Waals surface area contributed by atoms with Gasteiger partial charge in [0.1, 0.15) is 0 Å². The van der Waals surface area contributed by atoms with Crippen molar-refractivity contribution in [3.8, 4) is 0 Å². The number of thiocarbonyl (C=S) groups is 1. The van der Waals surface area contributed by atoms with Crippen LogP contribution in [-0.4, -0.2) is 35.6 Å². The van der Waals surface area contributed by atoms with E-state index in [0.717, 1.165) is 30.9 Å². The Balaban J connectivity index is 2.18. The van der Waals surface area contributed by atoms with E-state index >= 15 is 0 Å². The quantitative estimate of drug-likeness (QED) is 0.507. The Morgan fingerprint density at radius 3 is 3.00 bits per heavy atom. The van der Waals surface area contributed by atoms with Crippen molar-refractivity contribution < 1.29 is 9.53 Å². The van der Waals surface area contributed by atoms with Gasteiger partial charge in [-0.3, -0.25) is 4.79 Å². The van der Waals surface area contributed by atoms with E-state index in [1.54, 1.807) is 0 Å². The van der Waals surface area contributed by atoms with Crippen LogP contribution in [0.3, 0.4) is 0 Å². The van der Waals surface area contributed by atoms with Gasteiger partial charge in [0.2, 0.25) is 0 Å². The summed E-state index contributed by atoms with van der Waals surface area (Å²) in [6, 6.07) is 0. The lowest BCUT2D eigenvalue weighted by Gasteiger charge is -2.16. The molecule has 0 saturated carbocycles. The molecule has 0 aromatic carbocycles. The Kier molecular flexibility index (Phi) is 4.15. The van der Waals surface area contributed by atoms with E-state index < -0.39 is 0 Å². The zero-order valence-electron chi connectivity index (χ0n) is 7.91. The van der Waals surface area contributed by atoms with E-state index in [9.17, 15) is 4.79 Å². The molecule has 1 fully saturated rings. The molecule has 0 aromatic heterocycles. The van der Waals surface area contributed by atoms with Gasteiger partial charge >= 0.3 is 5.97 Å². The molecular weight excluding hydrogens is 186 g/mol. The van der Waals surface area contributed by atoms with Crippen molar-refractivity contribution in [3.63, 3.8) is 0 Å². The first-order chi connectivity index (χ1) is 6.24. The molecule has 0 bridgehead atoms. The fraction of sp³-hybridized carbons (Fsp3) is 0.778. The molecule has 1 saturated heterocycles. The predicted molar refractivity (Wildman–Crippen MR) is 54.7 cm³/mol. The number of carbonyl (C=O) groups excluding carboxylic acids is 1. The van der Waals surface area contributed by atoms with Gasteiger partial charge in [0, 0.05) is 13.1 Å². The van der Waals surface area contributed by atoms with Crippen molar-refractivity contribution in [1.82, 2.24) is 4.90 Å². The minimum Gasteiger partial charge on any atom is -0.466 e. The predicted octanol–water partition coefficient (Wildman–Crippen LogP) is 1.36. The van der Waals surface area contributed by atoms with Crippen LogP contribution in [0.4, 0.5) is 0 Å². The maximum atomic E-state index is 11.0. The lowest BCUT2D eigenvalue weighted by atomic mass is 10.4. The topological polar surface area (TPSA) is 29.5 Å². The molecule has 74 valence electrons. The number of nitrogens with zero attached hydrogens (tertiary/aromatic N) is 1. The highest BCUT2D eigenvalue weighted by atomic mass is 32.1. The van der Waals surface area contributed by atoms with E-state index in [1.165, 1.54) is 0 Å². The highest BCUT2D eigenvalue weighted by Gasteiger charge is 2.17. The van der Waals surface area contributed by atoms with Gasteiger partial charge in [0.15, 0.2) is 0 Å². The van der Waals surface area contributed by atoms with Gasteiger partial charge in [-0.05, 0) is 19.8 Å². The average Bonchev–Trinajstić information content (AvgIpc) is 2.48. The van der Waals surface area contributed by atoms with Crippen LogP contribution in [-0.2, 0) is 9.53 Å². The Hall–Kier alpha value is -0.640. The van der Waals surface area contributed by atoms with E-state index in [2.05, 4.69) is 4.90 Å². The molecule has 1 rings (SSSR count). The molecule has 3 nitrogen and oxygen atoms in total. The summed E-state index contributed by atoms with van der Waals surface area (Å²) >= 11 is 5.13. The van der Waals surface area contributed by atoms with Gasteiger partial charge in [-0.1, -0.05) is 12.2 Å². The van der Waals surface area contributed by atoms with Crippen LogP contribution in [0.15, 0.2) is 0 Å². The molecular formula is C9H15NO2S. The van der Waals surface area contributed by atoms with Crippen LogP contribution in [0.1, 0.15) is 26.2 Å². The van der Waals surface area contributed by atoms with Gasteiger partial charge < -0.3 is 9.64 Å². The number of ether oxygens (including phenoxy) is 1. The average molecular weight is 201 g/mol. The number of hydrogen-bond donors (Lipinski definition) is 0. The van der Waals surface area contributed by atoms with Crippen LogP contribution in [0.5, 0.6) is 0 Å². The van der Waals surface area contributed by atoms with Gasteiger partial charge in [0.25, 0.3) is 0 Å². The SMILES string of the molecule is CCOC(=O)CCN1CCCC1=S. The molecule has 4 heteroatoms. The number of hydrogen-bond acceptors (Lipinski definition) is 3. The molecule has 13 heavy (non-hydrogen) atoms. The summed E-state index contributed by atoms with van der Waals surface area (Å²) in [5, 5.41) is 0. The molecule has 0 aromatic rings. The first-order valence-corrected chi connectivity index (χ1v) is 5.08. The molecule has 0 amide bonds. The third-order valence-electron chi connectivity index (χ3n) is 2.06. The summed E-state index contributed by atoms with van der Waals surface area (Å²) in [7, 11) is 0. The monoisotopic (exact) mass is 201 g/mol. The summed E-state index contributed by atoms with van der Waals surface area (Å²) in [6.07, 6.45) is 2.58. The van der Waals surface area contributed by atoms with Crippen molar-refractivity contribution in [3.05, 3.63) is 0 Å². The fourth-order valence-electron chi connectivity index (χ4n) is 1.40. The van der Waals surface area contributed by atoms with E-state index in [0.29, 0.717) is 13.0 Å².